The minimum absolute atomic E-state index is 0.0405. The van der Waals surface area contributed by atoms with Crippen molar-refractivity contribution < 1.29 is 9.21 Å². The van der Waals surface area contributed by atoms with E-state index in [1.54, 1.807) is 36.4 Å². The first-order chi connectivity index (χ1) is 16.0. The predicted octanol–water partition coefficient (Wildman–Crippen LogP) is 4.73. The van der Waals surface area contributed by atoms with Gasteiger partial charge in [0.15, 0.2) is 11.2 Å². The second-order valence-corrected chi connectivity index (χ2v) is 7.46. The van der Waals surface area contributed by atoms with Gasteiger partial charge < -0.3 is 20.0 Å². The Morgan fingerprint density at radius 3 is 2.39 bits per heavy atom. The maximum atomic E-state index is 12.6. The maximum absolute atomic E-state index is 12.6. The number of anilines is 4. The number of aromatic nitrogens is 2. The molecule has 2 aromatic carbocycles. The fourth-order valence-electron chi connectivity index (χ4n) is 3.52. The Kier molecular flexibility index (Phi) is 6.35. The largest absolute Gasteiger partial charge is 0.451 e. The molecule has 0 bridgehead atoms. The van der Waals surface area contributed by atoms with Crippen LogP contribution in [0.25, 0.3) is 11.0 Å². The van der Waals surface area contributed by atoms with Crippen LogP contribution in [0.2, 0.25) is 0 Å². The molecule has 4 aromatic rings. The molecule has 0 saturated heterocycles. The molecule has 0 aliphatic carbocycles. The lowest BCUT2D eigenvalue weighted by Gasteiger charge is -2.20. The number of carbonyl (C=O) groups excluding carboxylic acids is 1. The number of rotatable bonds is 7. The van der Waals surface area contributed by atoms with Gasteiger partial charge in [-0.15, -0.1) is 0 Å². The highest BCUT2D eigenvalue weighted by atomic mass is 16.3. The summed E-state index contributed by atoms with van der Waals surface area (Å²) >= 11 is 0. The number of hydrogen-bond acceptors (Lipinski definition) is 7. The summed E-state index contributed by atoms with van der Waals surface area (Å²) in [6.45, 7) is 7.76. The number of nitrogens with zero attached hydrogens (tertiary/aromatic N) is 3. The van der Waals surface area contributed by atoms with Gasteiger partial charge in [0.05, 0.1) is 5.39 Å². The van der Waals surface area contributed by atoms with Gasteiger partial charge in [0.1, 0.15) is 23.0 Å². The van der Waals surface area contributed by atoms with E-state index in [2.05, 4.69) is 39.3 Å². The topological polar surface area (TPSA) is 100 Å². The van der Waals surface area contributed by atoms with Crippen LogP contribution in [0, 0.1) is 6.92 Å². The van der Waals surface area contributed by atoms with Crippen LogP contribution in [0.3, 0.4) is 0 Å². The number of benzene rings is 2. The Labute approximate surface area is 191 Å². The third-order valence-electron chi connectivity index (χ3n) is 5.19. The molecule has 0 atom stereocenters. The minimum atomic E-state index is -0.492. The molecule has 0 saturated carbocycles. The van der Waals surface area contributed by atoms with Gasteiger partial charge in [-0.3, -0.25) is 9.59 Å². The highest BCUT2D eigenvalue weighted by Gasteiger charge is 2.13. The van der Waals surface area contributed by atoms with Crippen molar-refractivity contribution in [1.82, 2.24) is 9.97 Å². The van der Waals surface area contributed by atoms with Crippen LogP contribution < -0.4 is 21.0 Å². The summed E-state index contributed by atoms with van der Waals surface area (Å²) in [7, 11) is 0. The van der Waals surface area contributed by atoms with Crippen LogP contribution in [0.4, 0.5) is 23.0 Å². The van der Waals surface area contributed by atoms with Crippen LogP contribution in [-0.2, 0) is 0 Å². The SMILES string of the molecule is CCN(CC)c1cc(Nc2ccc(NC(=O)c3cc(=O)c4ccccc4o3)cc2)nc(C)n1. The number of hydrogen-bond donors (Lipinski definition) is 2. The number of para-hydroxylation sites is 1. The van der Waals surface area contributed by atoms with Gasteiger partial charge in [0, 0.05) is 36.6 Å². The van der Waals surface area contributed by atoms with Crippen LogP contribution >= 0.6 is 0 Å². The van der Waals surface area contributed by atoms with Crippen molar-refractivity contribution in [3.8, 4) is 0 Å². The Morgan fingerprint density at radius 2 is 1.67 bits per heavy atom. The van der Waals surface area contributed by atoms with Gasteiger partial charge in [0.25, 0.3) is 5.91 Å². The molecule has 8 heteroatoms. The van der Waals surface area contributed by atoms with Crippen molar-refractivity contribution in [2.75, 3.05) is 28.6 Å². The zero-order valence-corrected chi connectivity index (χ0v) is 18.8. The van der Waals surface area contributed by atoms with E-state index in [9.17, 15) is 9.59 Å². The van der Waals surface area contributed by atoms with E-state index in [4.69, 9.17) is 4.42 Å². The highest BCUT2D eigenvalue weighted by molar-refractivity contribution is 6.03. The molecule has 2 N–H and O–H groups in total. The maximum Gasteiger partial charge on any atom is 0.291 e. The van der Waals surface area contributed by atoms with Crippen LogP contribution in [-0.4, -0.2) is 29.0 Å². The normalized spacial score (nSPS) is 10.8. The van der Waals surface area contributed by atoms with E-state index in [0.29, 0.717) is 28.3 Å². The molecule has 0 unspecified atom stereocenters. The molecular weight excluding hydrogens is 418 g/mol. The predicted molar refractivity (Wildman–Crippen MR) is 130 cm³/mol. The van der Waals surface area contributed by atoms with Crippen molar-refractivity contribution in [3.05, 3.63) is 82.5 Å². The van der Waals surface area contributed by atoms with Gasteiger partial charge in [-0.1, -0.05) is 12.1 Å². The first-order valence-corrected chi connectivity index (χ1v) is 10.8. The van der Waals surface area contributed by atoms with Gasteiger partial charge in [-0.05, 0) is 57.2 Å². The fourth-order valence-corrected chi connectivity index (χ4v) is 3.52. The number of amides is 1. The van der Waals surface area contributed by atoms with E-state index in [-0.39, 0.29) is 11.2 Å². The Bertz CT molecular complexity index is 1340. The summed E-state index contributed by atoms with van der Waals surface area (Å²) < 4.78 is 5.60. The zero-order chi connectivity index (χ0) is 23.4. The van der Waals surface area contributed by atoms with E-state index in [1.807, 2.05) is 25.1 Å². The third-order valence-corrected chi connectivity index (χ3v) is 5.19. The molecule has 1 amide bonds. The molecule has 33 heavy (non-hydrogen) atoms. The standard InChI is InChI=1S/C25H25N5O3/c1-4-30(5-2)24-15-23(26-16(3)27-24)28-17-10-12-18(13-11-17)29-25(32)22-14-20(31)19-8-6-7-9-21(19)33-22/h6-15H,4-5H2,1-3H3,(H,29,32)(H,26,27,28). The quantitative estimate of drug-likeness (QED) is 0.426. The van der Waals surface area contributed by atoms with Gasteiger partial charge in [-0.25, -0.2) is 9.97 Å². The van der Waals surface area contributed by atoms with E-state index < -0.39 is 5.91 Å². The first-order valence-electron chi connectivity index (χ1n) is 10.8. The summed E-state index contributed by atoms with van der Waals surface area (Å²) in [5.41, 5.74) is 1.50. The van der Waals surface area contributed by atoms with Crippen LogP contribution in [0.5, 0.6) is 0 Å². The first kappa shape index (κ1) is 22.0. The average molecular weight is 444 g/mol. The molecule has 0 aliphatic heterocycles. The highest BCUT2D eigenvalue weighted by Crippen LogP contribution is 2.22. The molecular formula is C25H25N5O3. The molecule has 0 fully saturated rings. The number of nitrogens with one attached hydrogen (secondary N) is 2. The van der Waals surface area contributed by atoms with Crippen molar-refractivity contribution >= 4 is 39.9 Å². The van der Waals surface area contributed by atoms with Crippen molar-refractivity contribution in [1.29, 1.82) is 0 Å². The lowest BCUT2D eigenvalue weighted by molar-refractivity contribution is 0.0997. The number of carbonyl (C=O) groups is 1. The van der Waals surface area contributed by atoms with Crippen molar-refractivity contribution in [3.63, 3.8) is 0 Å². The molecule has 0 radical (unpaired) electrons. The zero-order valence-electron chi connectivity index (χ0n) is 18.8. The van der Waals surface area contributed by atoms with Crippen molar-refractivity contribution in [2.45, 2.75) is 20.8 Å². The summed E-state index contributed by atoms with van der Waals surface area (Å²) in [4.78, 5) is 36.0. The minimum Gasteiger partial charge on any atom is -0.451 e. The third kappa shape index (κ3) is 5.01. The summed E-state index contributed by atoms with van der Waals surface area (Å²) in [5.74, 6) is 1.72. The summed E-state index contributed by atoms with van der Waals surface area (Å²) in [5, 5.41) is 6.47. The second kappa shape index (κ2) is 9.52. The van der Waals surface area contributed by atoms with Gasteiger partial charge >= 0.3 is 0 Å². The number of fused-ring (bicyclic) bond motifs is 1. The van der Waals surface area contributed by atoms with E-state index in [1.165, 1.54) is 6.07 Å². The van der Waals surface area contributed by atoms with E-state index >= 15 is 0 Å². The lowest BCUT2D eigenvalue weighted by Crippen LogP contribution is -2.23. The van der Waals surface area contributed by atoms with Gasteiger partial charge in [0.2, 0.25) is 0 Å². The molecule has 4 rings (SSSR count). The molecule has 8 nitrogen and oxygen atoms in total. The molecule has 168 valence electrons. The van der Waals surface area contributed by atoms with E-state index in [0.717, 1.165) is 24.6 Å². The molecule has 2 heterocycles. The molecule has 0 aliphatic rings. The molecule has 0 spiro atoms. The van der Waals surface area contributed by atoms with Gasteiger partial charge in [-0.2, -0.15) is 0 Å². The van der Waals surface area contributed by atoms with Crippen molar-refractivity contribution in [2.24, 2.45) is 0 Å². The second-order valence-electron chi connectivity index (χ2n) is 7.46. The smallest absolute Gasteiger partial charge is 0.291 e. The number of aryl methyl sites for hydroxylation is 1. The lowest BCUT2D eigenvalue weighted by atomic mass is 10.2. The van der Waals surface area contributed by atoms with Crippen LogP contribution in [0.1, 0.15) is 30.2 Å². The van der Waals surface area contributed by atoms with Crippen LogP contribution in [0.15, 0.2) is 69.9 Å². The fraction of sp³-hybridized carbons (Fsp3) is 0.200. The summed E-state index contributed by atoms with van der Waals surface area (Å²) in [6.07, 6.45) is 0. The Balaban J connectivity index is 1.48. The Hall–Kier alpha value is -4.20. The summed E-state index contributed by atoms with van der Waals surface area (Å²) in [6, 6.07) is 17.1. The monoisotopic (exact) mass is 443 g/mol. The average Bonchev–Trinajstić information content (AvgIpc) is 2.81. The molecule has 2 aromatic heterocycles. The Morgan fingerprint density at radius 1 is 0.970 bits per heavy atom.